The van der Waals surface area contributed by atoms with Gasteiger partial charge in [0.25, 0.3) is 5.91 Å². The molecule has 6 rings (SSSR count). The van der Waals surface area contributed by atoms with Gasteiger partial charge in [-0.3, -0.25) is 9.69 Å². The third kappa shape index (κ3) is 3.68. The number of nitrogens with zero attached hydrogens (tertiary/aromatic N) is 2. The molecule has 5 nitrogen and oxygen atoms in total. The molecule has 1 aromatic heterocycles. The van der Waals surface area contributed by atoms with Crippen LogP contribution in [0.5, 0.6) is 0 Å². The van der Waals surface area contributed by atoms with E-state index in [4.69, 9.17) is 4.42 Å². The lowest BCUT2D eigenvalue weighted by atomic mass is 9.79. The average Bonchev–Trinajstić information content (AvgIpc) is 3.28. The zero-order chi connectivity index (χ0) is 19.8. The van der Waals surface area contributed by atoms with Crippen LogP contribution in [0.3, 0.4) is 0 Å². The Morgan fingerprint density at radius 1 is 0.966 bits per heavy atom. The number of benzene rings is 1. The molecule has 2 unspecified atom stereocenters. The molecule has 0 spiro atoms. The van der Waals surface area contributed by atoms with Gasteiger partial charge in [-0.1, -0.05) is 0 Å². The van der Waals surface area contributed by atoms with E-state index in [2.05, 4.69) is 46.3 Å². The Morgan fingerprint density at radius 2 is 1.69 bits per heavy atom. The van der Waals surface area contributed by atoms with Crippen molar-refractivity contribution in [3.05, 3.63) is 42.2 Å². The summed E-state index contributed by atoms with van der Waals surface area (Å²) in [5.74, 6) is 1.66. The van der Waals surface area contributed by atoms with E-state index in [0.29, 0.717) is 17.7 Å². The molecule has 0 saturated carbocycles. The van der Waals surface area contributed by atoms with E-state index in [1.165, 1.54) is 37.8 Å². The molecule has 5 heteroatoms. The molecule has 2 aromatic rings. The van der Waals surface area contributed by atoms with Crippen LogP contribution in [0.2, 0.25) is 0 Å². The van der Waals surface area contributed by atoms with E-state index in [0.717, 1.165) is 37.5 Å². The van der Waals surface area contributed by atoms with Gasteiger partial charge in [0.05, 0.1) is 0 Å². The highest BCUT2D eigenvalue weighted by atomic mass is 16.3. The number of hydrogen-bond acceptors (Lipinski definition) is 4. The summed E-state index contributed by atoms with van der Waals surface area (Å²) in [5.41, 5.74) is 2.29. The molecule has 154 valence electrons. The normalized spacial score (nSPS) is 29.1. The fourth-order valence-electron chi connectivity index (χ4n) is 5.37. The Hall–Kier alpha value is -2.27. The Morgan fingerprint density at radius 3 is 2.38 bits per heavy atom. The highest BCUT2D eigenvalue weighted by Gasteiger charge is 2.40. The van der Waals surface area contributed by atoms with Crippen molar-refractivity contribution >= 4 is 11.6 Å². The molecule has 1 amide bonds. The number of rotatable bonds is 4. The Bertz CT molecular complexity index is 843. The second-order valence-corrected chi connectivity index (χ2v) is 8.87. The van der Waals surface area contributed by atoms with Gasteiger partial charge in [0.1, 0.15) is 5.76 Å². The molecule has 4 aliphatic heterocycles. The zero-order valence-electron chi connectivity index (χ0n) is 17.3. The van der Waals surface area contributed by atoms with E-state index in [1.807, 2.05) is 6.07 Å². The lowest BCUT2D eigenvalue weighted by Gasteiger charge is -2.49. The number of hydrogen-bond donors (Lipinski definition) is 1. The average molecular weight is 394 g/mol. The minimum Gasteiger partial charge on any atom is -0.451 e. The summed E-state index contributed by atoms with van der Waals surface area (Å²) < 4.78 is 5.93. The van der Waals surface area contributed by atoms with Crippen molar-refractivity contribution in [1.29, 1.82) is 0 Å². The lowest BCUT2D eigenvalue weighted by Crippen LogP contribution is -2.62. The minimum atomic E-state index is -0.0909. The van der Waals surface area contributed by atoms with Crippen LogP contribution in [-0.4, -0.2) is 49.1 Å². The van der Waals surface area contributed by atoms with Gasteiger partial charge in [-0.2, -0.15) is 0 Å². The predicted molar refractivity (Wildman–Crippen MR) is 115 cm³/mol. The van der Waals surface area contributed by atoms with Crippen LogP contribution in [-0.2, 0) is 0 Å². The highest BCUT2D eigenvalue weighted by Crippen LogP contribution is 2.32. The summed E-state index contributed by atoms with van der Waals surface area (Å²) in [6, 6.07) is 12.9. The smallest absolute Gasteiger partial charge is 0.287 e. The first-order valence-electron chi connectivity index (χ1n) is 11.2. The zero-order valence-corrected chi connectivity index (χ0v) is 17.3. The van der Waals surface area contributed by atoms with Gasteiger partial charge in [-0.15, -0.1) is 0 Å². The third-order valence-electron chi connectivity index (χ3n) is 7.18. The number of piperidine rings is 4. The van der Waals surface area contributed by atoms with Crippen LogP contribution in [0, 0.1) is 5.92 Å². The largest absolute Gasteiger partial charge is 0.451 e. The molecule has 29 heavy (non-hydrogen) atoms. The van der Waals surface area contributed by atoms with Gasteiger partial charge in [0.2, 0.25) is 0 Å². The van der Waals surface area contributed by atoms with Crippen LogP contribution in [0.25, 0.3) is 11.3 Å². The summed E-state index contributed by atoms with van der Waals surface area (Å²) in [4.78, 5) is 17.7. The molecule has 2 bridgehead atoms. The van der Waals surface area contributed by atoms with E-state index in [-0.39, 0.29) is 11.9 Å². The van der Waals surface area contributed by atoms with Gasteiger partial charge < -0.3 is 14.6 Å². The molecular formula is C24H31N3O2. The number of anilines is 1. The molecule has 4 fully saturated rings. The molecule has 1 N–H and O–H groups in total. The fraction of sp³-hybridized carbons (Fsp3) is 0.542. The second-order valence-electron chi connectivity index (χ2n) is 8.87. The van der Waals surface area contributed by atoms with Crippen molar-refractivity contribution in [3.63, 3.8) is 0 Å². The van der Waals surface area contributed by atoms with E-state index in [9.17, 15) is 4.79 Å². The van der Waals surface area contributed by atoms with Gasteiger partial charge in [0.15, 0.2) is 5.76 Å². The lowest BCUT2D eigenvalue weighted by molar-refractivity contribution is 0.0211. The van der Waals surface area contributed by atoms with E-state index in [1.54, 1.807) is 6.07 Å². The standard InChI is InChI=1S/C24H31N3O2/c1-17-23(19-11-15-26(17)16-12-19)25-24(28)22-10-9-21(29-22)18-5-7-20(8-6-18)27-13-3-2-4-14-27/h5-10,17,19,23H,2-4,11-16H2,1H3,(H,25,28). The third-order valence-corrected chi connectivity index (χ3v) is 7.18. The number of carbonyl (C=O) groups is 1. The van der Waals surface area contributed by atoms with Gasteiger partial charge in [0, 0.05) is 36.4 Å². The number of furan rings is 1. The first kappa shape index (κ1) is 18.7. The molecule has 4 aliphatic rings. The predicted octanol–water partition coefficient (Wildman–Crippen LogP) is 4.15. The summed E-state index contributed by atoms with van der Waals surface area (Å²) in [6.45, 7) is 6.84. The quantitative estimate of drug-likeness (QED) is 0.848. The molecule has 4 saturated heterocycles. The summed E-state index contributed by atoms with van der Waals surface area (Å²) >= 11 is 0. The summed E-state index contributed by atoms with van der Waals surface area (Å²) in [7, 11) is 0. The number of fused-ring (bicyclic) bond motifs is 3. The maximum atomic E-state index is 12.8. The minimum absolute atomic E-state index is 0.0909. The molecular weight excluding hydrogens is 362 g/mol. The summed E-state index contributed by atoms with van der Waals surface area (Å²) in [5, 5.41) is 3.25. The molecule has 0 radical (unpaired) electrons. The first-order valence-corrected chi connectivity index (χ1v) is 11.2. The van der Waals surface area contributed by atoms with Crippen molar-refractivity contribution in [1.82, 2.24) is 10.2 Å². The van der Waals surface area contributed by atoms with E-state index >= 15 is 0 Å². The van der Waals surface area contributed by atoms with Crippen molar-refractivity contribution in [2.75, 3.05) is 31.1 Å². The van der Waals surface area contributed by atoms with Crippen LogP contribution < -0.4 is 10.2 Å². The van der Waals surface area contributed by atoms with Crippen molar-refractivity contribution < 1.29 is 9.21 Å². The second kappa shape index (κ2) is 7.86. The SMILES string of the molecule is CC1C(NC(=O)c2ccc(-c3ccc(N4CCCCC4)cc3)o2)C2CCN1CC2. The van der Waals surface area contributed by atoms with E-state index < -0.39 is 0 Å². The van der Waals surface area contributed by atoms with Gasteiger partial charge in [-0.05, 0) is 94.4 Å². The molecule has 0 aliphatic carbocycles. The fourth-order valence-corrected chi connectivity index (χ4v) is 5.37. The Kier molecular flexibility index (Phi) is 5.08. The number of carbonyl (C=O) groups excluding carboxylic acids is 1. The van der Waals surface area contributed by atoms with Crippen LogP contribution in [0.4, 0.5) is 5.69 Å². The van der Waals surface area contributed by atoms with Crippen LogP contribution >= 0.6 is 0 Å². The van der Waals surface area contributed by atoms with Crippen LogP contribution in [0.1, 0.15) is 49.6 Å². The monoisotopic (exact) mass is 393 g/mol. The number of amides is 1. The number of nitrogens with one attached hydrogen (secondary N) is 1. The first-order chi connectivity index (χ1) is 14.2. The Labute approximate surface area is 173 Å². The van der Waals surface area contributed by atoms with Gasteiger partial charge >= 0.3 is 0 Å². The topological polar surface area (TPSA) is 48.7 Å². The maximum Gasteiger partial charge on any atom is 0.287 e. The Balaban J connectivity index is 1.26. The van der Waals surface area contributed by atoms with Gasteiger partial charge in [-0.25, -0.2) is 0 Å². The maximum absolute atomic E-state index is 12.8. The van der Waals surface area contributed by atoms with Crippen molar-refractivity contribution in [3.8, 4) is 11.3 Å². The highest BCUT2D eigenvalue weighted by molar-refractivity contribution is 5.92. The van der Waals surface area contributed by atoms with Crippen LogP contribution in [0.15, 0.2) is 40.8 Å². The summed E-state index contributed by atoms with van der Waals surface area (Å²) in [6.07, 6.45) is 6.25. The van der Waals surface area contributed by atoms with Crippen molar-refractivity contribution in [2.24, 2.45) is 5.92 Å². The molecule has 5 heterocycles. The molecule has 1 aromatic carbocycles. The van der Waals surface area contributed by atoms with Crippen molar-refractivity contribution in [2.45, 2.75) is 51.1 Å². The molecule has 2 atom stereocenters.